The van der Waals surface area contributed by atoms with Crippen LogP contribution in [0.5, 0.6) is 0 Å². The summed E-state index contributed by atoms with van der Waals surface area (Å²) in [6.07, 6.45) is 0.589. The van der Waals surface area contributed by atoms with Crippen molar-refractivity contribution in [1.29, 1.82) is 0 Å². The summed E-state index contributed by atoms with van der Waals surface area (Å²) in [7, 11) is 0. The number of benzene rings is 2. The molecule has 154 valence electrons. The molecule has 5 nitrogen and oxygen atoms in total. The summed E-state index contributed by atoms with van der Waals surface area (Å²) in [6.45, 7) is 6.44. The predicted molar refractivity (Wildman–Crippen MR) is 112 cm³/mol. The van der Waals surface area contributed by atoms with Crippen LogP contribution in [0.3, 0.4) is 0 Å². The fourth-order valence-corrected chi connectivity index (χ4v) is 3.49. The maximum Gasteiger partial charge on any atom is 0.237 e. The van der Waals surface area contributed by atoms with Gasteiger partial charge in [0, 0.05) is 38.4 Å². The lowest BCUT2D eigenvalue weighted by atomic mass is 9.90. The summed E-state index contributed by atoms with van der Waals surface area (Å²) in [5.74, 6) is -0.712. The molecule has 0 unspecified atom stereocenters. The standard InChI is InChI=1S/C23H28FN3O2/c1-23(2,21(28)25-13-12-18-8-10-19(24)11-9-18)22(29)27-16-14-26(15-17-27)20-6-4-3-5-7-20/h3-11H,12-17H2,1-2H3,(H,25,28). The van der Waals surface area contributed by atoms with Crippen LogP contribution in [0.1, 0.15) is 19.4 Å². The molecule has 0 aromatic heterocycles. The second-order valence-electron chi connectivity index (χ2n) is 7.87. The molecule has 1 fully saturated rings. The van der Waals surface area contributed by atoms with E-state index < -0.39 is 5.41 Å². The number of amides is 2. The molecule has 6 heteroatoms. The Morgan fingerprint density at radius 2 is 1.59 bits per heavy atom. The molecule has 29 heavy (non-hydrogen) atoms. The summed E-state index contributed by atoms with van der Waals surface area (Å²) in [6, 6.07) is 16.3. The Hall–Kier alpha value is -2.89. The SMILES string of the molecule is CC(C)(C(=O)NCCc1ccc(F)cc1)C(=O)N1CCN(c2ccccc2)CC1. The van der Waals surface area contributed by atoms with Crippen LogP contribution in [0.4, 0.5) is 10.1 Å². The number of piperazine rings is 1. The van der Waals surface area contributed by atoms with Crippen LogP contribution < -0.4 is 10.2 Å². The lowest BCUT2D eigenvalue weighted by molar-refractivity contribution is -0.148. The molecular weight excluding hydrogens is 369 g/mol. The summed E-state index contributed by atoms with van der Waals surface area (Å²) < 4.78 is 13.0. The highest BCUT2D eigenvalue weighted by molar-refractivity contribution is 6.04. The normalized spacial score (nSPS) is 14.6. The quantitative estimate of drug-likeness (QED) is 0.763. The van der Waals surface area contributed by atoms with Crippen LogP contribution >= 0.6 is 0 Å². The van der Waals surface area contributed by atoms with E-state index >= 15 is 0 Å². The third-order valence-corrected chi connectivity index (χ3v) is 5.40. The number of carbonyl (C=O) groups excluding carboxylic acids is 2. The van der Waals surface area contributed by atoms with Crippen molar-refractivity contribution in [2.75, 3.05) is 37.6 Å². The molecule has 0 aliphatic carbocycles. The molecule has 2 aromatic carbocycles. The smallest absolute Gasteiger partial charge is 0.237 e. The zero-order valence-electron chi connectivity index (χ0n) is 17.0. The van der Waals surface area contributed by atoms with Gasteiger partial charge in [-0.1, -0.05) is 30.3 Å². The van der Waals surface area contributed by atoms with Crippen LogP contribution in [-0.4, -0.2) is 49.4 Å². The Morgan fingerprint density at radius 1 is 0.966 bits per heavy atom. The fourth-order valence-electron chi connectivity index (χ4n) is 3.49. The van der Waals surface area contributed by atoms with Crippen molar-refractivity contribution in [1.82, 2.24) is 10.2 Å². The van der Waals surface area contributed by atoms with Gasteiger partial charge < -0.3 is 15.1 Å². The summed E-state index contributed by atoms with van der Waals surface area (Å²) in [5, 5.41) is 2.85. The van der Waals surface area contributed by atoms with Gasteiger partial charge in [-0.25, -0.2) is 4.39 Å². The third-order valence-electron chi connectivity index (χ3n) is 5.40. The number of hydrogen-bond donors (Lipinski definition) is 1. The van der Waals surface area contributed by atoms with E-state index in [9.17, 15) is 14.0 Å². The number of hydrogen-bond acceptors (Lipinski definition) is 3. The van der Waals surface area contributed by atoms with E-state index in [-0.39, 0.29) is 17.6 Å². The van der Waals surface area contributed by atoms with Crippen LogP contribution in [0.2, 0.25) is 0 Å². The van der Waals surface area contributed by atoms with Crippen molar-refractivity contribution in [2.24, 2.45) is 5.41 Å². The number of nitrogens with one attached hydrogen (secondary N) is 1. The molecule has 3 rings (SSSR count). The molecule has 2 amide bonds. The summed E-state index contributed by atoms with van der Waals surface area (Å²) >= 11 is 0. The van der Waals surface area contributed by atoms with Gasteiger partial charge in [0.05, 0.1) is 0 Å². The molecule has 1 N–H and O–H groups in total. The molecule has 0 atom stereocenters. The Balaban J connectivity index is 1.49. The average Bonchev–Trinajstić information content (AvgIpc) is 2.75. The van der Waals surface area contributed by atoms with E-state index in [2.05, 4.69) is 22.3 Å². The minimum Gasteiger partial charge on any atom is -0.368 e. The molecule has 0 bridgehead atoms. The first-order valence-electron chi connectivity index (χ1n) is 10.00. The highest BCUT2D eigenvalue weighted by atomic mass is 19.1. The molecular formula is C23H28FN3O2. The van der Waals surface area contributed by atoms with Crippen molar-refractivity contribution in [3.8, 4) is 0 Å². The van der Waals surface area contributed by atoms with Crippen LogP contribution in [0.15, 0.2) is 54.6 Å². The molecule has 2 aromatic rings. The number of halogens is 1. The predicted octanol–water partition coefficient (Wildman–Crippen LogP) is 2.86. The van der Waals surface area contributed by atoms with Gasteiger partial charge in [-0.05, 0) is 50.1 Å². The number of para-hydroxylation sites is 1. The van der Waals surface area contributed by atoms with Crippen molar-refractivity contribution >= 4 is 17.5 Å². The van der Waals surface area contributed by atoms with Crippen molar-refractivity contribution in [3.63, 3.8) is 0 Å². The lowest BCUT2D eigenvalue weighted by Gasteiger charge is -2.39. The fraction of sp³-hybridized carbons (Fsp3) is 0.391. The number of rotatable bonds is 6. The van der Waals surface area contributed by atoms with Crippen LogP contribution in [-0.2, 0) is 16.0 Å². The number of carbonyl (C=O) groups is 2. The zero-order valence-corrected chi connectivity index (χ0v) is 17.0. The second-order valence-corrected chi connectivity index (χ2v) is 7.87. The maximum absolute atomic E-state index is 13.0. The largest absolute Gasteiger partial charge is 0.368 e. The molecule has 1 aliphatic rings. The minimum absolute atomic E-state index is 0.149. The van der Waals surface area contributed by atoms with Gasteiger partial charge in [0.25, 0.3) is 0 Å². The highest BCUT2D eigenvalue weighted by Gasteiger charge is 2.39. The molecule has 0 spiro atoms. The van der Waals surface area contributed by atoms with Gasteiger partial charge in [0.2, 0.25) is 11.8 Å². The Kier molecular flexibility index (Phi) is 6.52. The first-order chi connectivity index (χ1) is 13.9. The molecule has 0 saturated carbocycles. The van der Waals surface area contributed by atoms with Crippen molar-refractivity contribution in [2.45, 2.75) is 20.3 Å². The summed E-state index contributed by atoms with van der Waals surface area (Å²) in [4.78, 5) is 29.7. The van der Waals surface area contributed by atoms with Crippen LogP contribution in [0, 0.1) is 11.2 Å². The van der Waals surface area contributed by atoms with Gasteiger partial charge in [0.1, 0.15) is 11.2 Å². The van der Waals surface area contributed by atoms with E-state index in [1.54, 1.807) is 30.9 Å². The van der Waals surface area contributed by atoms with E-state index in [0.29, 0.717) is 26.1 Å². The van der Waals surface area contributed by atoms with Crippen molar-refractivity contribution in [3.05, 3.63) is 66.0 Å². The van der Waals surface area contributed by atoms with Gasteiger partial charge in [0.15, 0.2) is 0 Å². The topological polar surface area (TPSA) is 52.7 Å². The van der Waals surface area contributed by atoms with E-state index in [1.165, 1.54) is 12.1 Å². The Labute approximate surface area is 171 Å². The van der Waals surface area contributed by atoms with E-state index in [0.717, 1.165) is 24.3 Å². The average molecular weight is 397 g/mol. The van der Waals surface area contributed by atoms with Gasteiger partial charge in [-0.15, -0.1) is 0 Å². The molecule has 0 radical (unpaired) electrons. The highest BCUT2D eigenvalue weighted by Crippen LogP contribution is 2.22. The second kappa shape index (κ2) is 9.07. The summed E-state index contributed by atoms with van der Waals surface area (Å²) in [5.41, 5.74) is 0.961. The first kappa shape index (κ1) is 20.8. The minimum atomic E-state index is -1.13. The van der Waals surface area contributed by atoms with Gasteiger partial charge in [-0.2, -0.15) is 0 Å². The lowest BCUT2D eigenvalue weighted by Crippen LogP contribution is -2.55. The molecule has 1 aliphatic heterocycles. The Bertz CT molecular complexity index is 829. The van der Waals surface area contributed by atoms with Gasteiger partial charge in [-0.3, -0.25) is 9.59 Å². The molecule has 1 heterocycles. The molecule has 1 saturated heterocycles. The Morgan fingerprint density at radius 3 is 2.21 bits per heavy atom. The zero-order chi connectivity index (χ0) is 20.9. The maximum atomic E-state index is 13.0. The van der Waals surface area contributed by atoms with E-state index in [1.807, 2.05) is 18.2 Å². The van der Waals surface area contributed by atoms with E-state index in [4.69, 9.17) is 0 Å². The van der Waals surface area contributed by atoms with Crippen LogP contribution in [0.25, 0.3) is 0 Å². The number of anilines is 1. The van der Waals surface area contributed by atoms with Gasteiger partial charge >= 0.3 is 0 Å². The number of nitrogens with zero attached hydrogens (tertiary/aromatic N) is 2. The van der Waals surface area contributed by atoms with Crippen molar-refractivity contribution < 1.29 is 14.0 Å². The first-order valence-corrected chi connectivity index (χ1v) is 10.00. The third kappa shape index (κ3) is 5.13. The monoisotopic (exact) mass is 397 g/mol.